The molecular weight excluding hydrogens is 342 g/mol. The number of carbonyl (C=O) groups is 1. The zero-order valence-corrected chi connectivity index (χ0v) is 14.4. The van der Waals surface area contributed by atoms with Crippen LogP contribution in [0.2, 0.25) is 0 Å². The summed E-state index contributed by atoms with van der Waals surface area (Å²) >= 11 is 3.50. The quantitative estimate of drug-likeness (QED) is 0.818. The van der Waals surface area contributed by atoms with Gasteiger partial charge in [-0.15, -0.1) is 0 Å². The Balaban J connectivity index is 2.11. The summed E-state index contributed by atoms with van der Waals surface area (Å²) in [5.74, 6) is 0.496. The van der Waals surface area contributed by atoms with Crippen LogP contribution in [0.15, 0.2) is 53.0 Å². The molecule has 116 valence electrons. The molecule has 0 aromatic heterocycles. The van der Waals surface area contributed by atoms with Gasteiger partial charge in [-0.05, 0) is 31.5 Å². The molecule has 2 aromatic rings. The molecule has 3 nitrogen and oxygen atoms in total. The average Bonchev–Trinajstić information content (AvgIpc) is 2.54. The van der Waals surface area contributed by atoms with E-state index in [1.54, 1.807) is 6.07 Å². The lowest BCUT2D eigenvalue weighted by Crippen LogP contribution is -2.32. The lowest BCUT2D eigenvalue weighted by atomic mass is 10.1. The van der Waals surface area contributed by atoms with Crippen molar-refractivity contribution in [2.75, 3.05) is 0 Å². The molecule has 0 heterocycles. The van der Waals surface area contributed by atoms with Crippen molar-refractivity contribution in [1.82, 2.24) is 5.32 Å². The second-order valence-electron chi connectivity index (χ2n) is 5.16. The molecule has 0 radical (unpaired) electrons. The van der Waals surface area contributed by atoms with Crippen LogP contribution in [0.3, 0.4) is 0 Å². The molecule has 4 heteroatoms. The van der Waals surface area contributed by atoms with Crippen molar-refractivity contribution in [2.45, 2.75) is 32.9 Å². The van der Waals surface area contributed by atoms with Crippen molar-refractivity contribution < 1.29 is 9.53 Å². The number of rotatable bonds is 6. The van der Waals surface area contributed by atoms with Gasteiger partial charge in [-0.3, -0.25) is 4.79 Å². The first-order valence-corrected chi connectivity index (χ1v) is 8.17. The first-order chi connectivity index (χ1) is 10.6. The summed E-state index contributed by atoms with van der Waals surface area (Å²) in [6.07, 6.45) is 0.895. The van der Waals surface area contributed by atoms with E-state index >= 15 is 0 Å². The van der Waals surface area contributed by atoms with Gasteiger partial charge in [-0.25, -0.2) is 0 Å². The van der Waals surface area contributed by atoms with Gasteiger partial charge in [0.15, 0.2) is 0 Å². The van der Waals surface area contributed by atoms with Gasteiger partial charge in [0, 0.05) is 16.1 Å². The van der Waals surface area contributed by atoms with E-state index in [4.69, 9.17) is 4.74 Å². The van der Waals surface area contributed by atoms with Crippen LogP contribution in [0.4, 0.5) is 0 Å². The van der Waals surface area contributed by atoms with Crippen LogP contribution in [-0.2, 0) is 6.61 Å². The fourth-order valence-electron chi connectivity index (χ4n) is 1.95. The van der Waals surface area contributed by atoms with Crippen molar-refractivity contribution in [3.05, 3.63) is 64.1 Å². The van der Waals surface area contributed by atoms with Crippen molar-refractivity contribution in [2.24, 2.45) is 0 Å². The summed E-state index contributed by atoms with van der Waals surface area (Å²) in [5.41, 5.74) is 1.61. The highest BCUT2D eigenvalue weighted by molar-refractivity contribution is 9.10. The zero-order valence-electron chi connectivity index (χ0n) is 12.8. The van der Waals surface area contributed by atoms with Crippen molar-refractivity contribution >= 4 is 21.8 Å². The molecule has 2 aromatic carbocycles. The summed E-state index contributed by atoms with van der Waals surface area (Å²) in [6.45, 7) is 4.44. The van der Waals surface area contributed by atoms with Crippen LogP contribution >= 0.6 is 15.9 Å². The van der Waals surface area contributed by atoms with E-state index in [1.807, 2.05) is 56.3 Å². The van der Waals surface area contributed by atoms with Crippen LogP contribution in [0.25, 0.3) is 0 Å². The zero-order chi connectivity index (χ0) is 15.9. The van der Waals surface area contributed by atoms with Crippen molar-refractivity contribution in [3.8, 4) is 5.75 Å². The molecule has 0 aliphatic carbocycles. The number of ether oxygens (including phenoxy) is 1. The Morgan fingerprint density at radius 3 is 2.59 bits per heavy atom. The minimum Gasteiger partial charge on any atom is -0.488 e. The van der Waals surface area contributed by atoms with Gasteiger partial charge in [0.2, 0.25) is 0 Å². The molecule has 1 amide bonds. The summed E-state index contributed by atoms with van der Waals surface area (Å²) < 4.78 is 6.85. The van der Waals surface area contributed by atoms with Gasteiger partial charge < -0.3 is 10.1 Å². The number of halogens is 1. The van der Waals surface area contributed by atoms with Crippen molar-refractivity contribution in [1.29, 1.82) is 0 Å². The smallest absolute Gasteiger partial charge is 0.255 e. The maximum absolute atomic E-state index is 12.3. The third-order valence-electron chi connectivity index (χ3n) is 3.46. The Kier molecular flexibility index (Phi) is 6.01. The van der Waals surface area contributed by atoms with Crippen LogP contribution in [-0.4, -0.2) is 11.9 Å². The van der Waals surface area contributed by atoms with Gasteiger partial charge in [0.1, 0.15) is 12.4 Å². The van der Waals surface area contributed by atoms with E-state index in [1.165, 1.54) is 0 Å². The summed E-state index contributed by atoms with van der Waals surface area (Å²) in [5, 5.41) is 2.97. The van der Waals surface area contributed by atoms with E-state index in [0.717, 1.165) is 16.5 Å². The molecular formula is C18H20BrNO2. The van der Waals surface area contributed by atoms with Crippen LogP contribution in [0.5, 0.6) is 5.75 Å². The number of carbonyl (C=O) groups excluding carboxylic acids is 1. The van der Waals surface area contributed by atoms with Crippen molar-refractivity contribution in [3.63, 3.8) is 0 Å². The number of para-hydroxylation sites is 1. The minimum absolute atomic E-state index is 0.0999. The Morgan fingerprint density at radius 2 is 1.86 bits per heavy atom. The number of hydrogen-bond donors (Lipinski definition) is 1. The molecule has 0 fully saturated rings. The molecule has 0 saturated carbocycles. The predicted octanol–water partition coefficient (Wildman–Crippen LogP) is 4.56. The lowest BCUT2D eigenvalue weighted by molar-refractivity contribution is 0.0934. The third-order valence-corrected chi connectivity index (χ3v) is 4.24. The van der Waals surface area contributed by atoms with Gasteiger partial charge in [0.25, 0.3) is 5.91 Å². The highest BCUT2D eigenvalue weighted by Crippen LogP contribution is 2.22. The SMILES string of the molecule is CCC(C)NC(=O)c1ccccc1OCc1ccccc1Br. The molecule has 2 rings (SSSR count). The fourth-order valence-corrected chi connectivity index (χ4v) is 2.35. The van der Waals surface area contributed by atoms with Gasteiger partial charge >= 0.3 is 0 Å². The summed E-state index contributed by atoms with van der Waals surface area (Å²) in [4.78, 5) is 12.3. The van der Waals surface area contributed by atoms with E-state index in [0.29, 0.717) is 17.9 Å². The van der Waals surface area contributed by atoms with E-state index < -0.39 is 0 Å². The van der Waals surface area contributed by atoms with Crippen LogP contribution in [0.1, 0.15) is 36.2 Å². The third kappa shape index (κ3) is 4.34. The molecule has 0 saturated heterocycles. The molecule has 0 aliphatic rings. The monoisotopic (exact) mass is 361 g/mol. The van der Waals surface area contributed by atoms with E-state index in [2.05, 4.69) is 21.2 Å². The Bertz CT molecular complexity index is 642. The van der Waals surface area contributed by atoms with Gasteiger partial charge in [0.05, 0.1) is 5.56 Å². The number of hydrogen-bond acceptors (Lipinski definition) is 2. The molecule has 0 bridgehead atoms. The summed E-state index contributed by atoms with van der Waals surface area (Å²) in [6, 6.07) is 15.4. The molecule has 1 N–H and O–H groups in total. The lowest BCUT2D eigenvalue weighted by Gasteiger charge is -2.15. The maximum Gasteiger partial charge on any atom is 0.255 e. The first kappa shape index (κ1) is 16.6. The number of amides is 1. The largest absolute Gasteiger partial charge is 0.488 e. The van der Waals surface area contributed by atoms with Gasteiger partial charge in [-0.2, -0.15) is 0 Å². The minimum atomic E-state index is -0.0999. The summed E-state index contributed by atoms with van der Waals surface area (Å²) in [7, 11) is 0. The standard InChI is InChI=1S/C18H20BrNO2/c1-3-13(2)20-18(21)15-9-5-7-11-17(15)22-12-14-8-4-6-10-16(14)19/h4-11,13H,3,12H2,1-2H3,(H,20,21). The predicted molar refractivity (Wildman–Crippen MR) is 92.1 cm³/mol. The highest BCUT2D eigenvalue weighted by atomic mass is 79.9. The molecule has 0 aliphatic heterocycles. The fraction of sp³-hybridized carbons (Fsp3) is 0.278. The Hall–Kier alpha value is -1.81. The second-order valence-corrected chi connectivity index (χ2v) is 6.01. The average molecular weight is 362 g/mol. The normalized spacial score (nSPS) is 11.8. The topological polar surface area (TPSA) is 38.3 Å². The Morgan fingerprint density at radius 1 is 1.18 bits per heavy atom. The molecule has 1 unspecified atom stereocenters. The number of benzene rings is 2. The first-order valence-electron chi connectivity index (χ1n) is 7.38. The molecule has 1 atom stereocenters. The Labute approximate surface area is 139 Å². The molecule has 0 spiro atoms. The van der Waals surface area contributed by atoms with Crippen LogP contribution in [0, 0.1) is 0 Å². The molecule has 22 heavy (non-hydrogen) atoms. The van der Waals surface area contributed by atoms with Crippen LogP contribution < -0.4 is 10.1 Å². The van der Waals surface area contributed by atoms with Gasteiger partial charge in [-0.1, -0.05) is 53.2 Å². The van der Waals surface area contributed by atoms with E-state index in [9.17, 15) is 4.79 Å². The highest BCUT2D eigenvalue weighted by Gasteiger charge is 2.14. The van der Waals surface area contributed by atoms with E-state index in [-0.39, 0.29) is 11.9 Å². The second kappa shape index (κ2) is 7.99. The maximum atomic E-state index is 12.3. The number of nitrogens with one attached hydrogen (secondary N) is 1.